The van der Waals surface area contributed by atoms with Gasteiger partial charge >= 0.3 is 0 Å². The Morgan fingerprint density at radius 1 is 1.10 bits per heavy atom. The molecule has 0 radical (unpaired) electrons. The van der Waals surface area contributed by atoms with Crippen LogP contribution in [0.5, 0.6) is 0 Å². The SMILES string of the molecule is O=C1C(=O)N(c2cccc(Cl)c2)C(c2cccs2)/C1=C(/O)c1ccc([N+](=O)[O-])cc1. The summed E-state index contributed by atoms with van der Waals surface area (Å²) in [5.74, 6) is -2.03. The molecule has 0 spiro atoms. The summed E-state index contributed by atoms with van der Waals surface area (Å²) >= 11 is 7.41. The van der Waals surface area contributed by atoms with Gasteiger partial charge in [0.25, 0.3) is 17.4 Å². The van der Waals surface area contributed by atoms with E-state index in [0.29, 0.717) is 15.6 Å². The maximum absolute atomic E-state index is 12.9. The zero-order valence-corrected chi connectivity index (χ0v) is 16.8. The van der Waals surface area contributed by atoms with Crippen LogP contribution in [-0.2, 0) is 9.59 Å². The van der Waals surface area contributed by atoms with E-state index in [2.05, 4.69) is 0 Å². The highest BCUT2D eigenvalue weighted by molar-refractivity contribution is 7.10. The summed E-state index contributed by atoms with van der Waals surface area (Å²) in [4.78, 5) is 38.1. The van der Waals surface area contributed by atoms with E-state index in [0.717, 1.165) is 0 Å². The zero-order valence-electron chi connectivity index (χ0n) is 15.2. The average molecular weight is 441 g/mol. The van der Waals surface area contributed by atoms with Crippen molar-refractivity contribution in [3.8, 4) is 0 Å². The van der Waals surface area contributed by atoms with Crippen molar-refractivity contribution in [3.05, 3.63) is 97.2 Å². The summed E-state index contributed by atoms with van der Waals surface area (Å²) in [6.45, 7) is 0. The lowest BCUT2D eigenvalue weighted by Crippen LogP contribution is -2.29. The number of ketones is 1. The number of nitro groups is 1. The molecule has 0 bridgehead atoms. The number of Topliss-reactive ketones (excluding diaryl/α,β-unsaturated/α-hetero) is 1. The summed E-state index contributed by atoms with van der Waals surface area (Å²) < 4.78 is 0. The number of non-ortho nitro benzene ring substituents is 1. The smallest absolute Gasteiger partial charge is 0.300 e. The van der Waals surface area contributed by atoms with Gasteiger partial charge < -0.3 is 5.11 Å². The molecule has 1 N–H and O–H groups in total. The minimum absolute atomic E-state index is 0.0868. The van der Waals surface area contributed by atoms with Crippen LogP contribution in [0.4, 0.5) is 11.4 Å². The van der Waals surface area contributed by atoms with Crippen LogP contribution in [0.1, 0.15) is 16.5 Å². The Morgan fingerprint density at radius 3 is 2.43 bits per heavy atom. The van der Waals surface area contributed by atoms with E-state index >= 15 is 0 Å². The van der Waals surface area contributed by atoms with Gasteiger partial charge in [-0.1, -0.05) is 23.7 Å². The molecule has 2 heterocycles. The molecular weight excluding hydrogens is 428 g/mol. The lowest BCUT2D eigenvalue weighted by atomic mass is 9.99. The average Bonchev–Trinajstić information content (AvgIpc) is 3.35. The fourth-order valence-corrected chi connectivity index (χ4v) is 4.35. The number of rotatable bonds is 4. The van der Waals surface area contributed by atoms with Gasteiger partial charge in [0, 0.05) is 33.3 Å². The van der Waals surface area contributed by atoms with Gasteiger partial charge in [0.1, 0.15) is 11.8 Å². The number of hydrogen-bond donors (Lipinski definition) is 1. The van der Waals surface area contributed by atoms with Crippen LogP contribution in [0.3, 0.4) is 0 Å². The second-order valence-electron chi connectivity index (χ2n) is 6.47. The summed E-state index contributed by atoms with van der Waals surface area (Å²) in [6.07, 6.45) is 0. The Morgan fingerprint density at radius 2 is 1.83 bits per heavy atom. The van der Waals surface area contributed by atoms with Crippen LogP contribution in [0.2, 0.25) is 5.02 Å². The van der Waals surface area contributed by atoms with Crippen molar-refractivity contribution in [1.29, 1.82) is 0 Å². The lowest BCUT2D eigenvalue weighted by Gasteiger charge is -2.24. The van der Waals surface area contributed by atoms with Gasteiger partial charge in [-0.2, -0.15) is 0 Å². The van der Waals surface area contributed by atoms with Gasteiger partial charge in [-0.05, 0) is 41.8 Å². The van der Waals surface area contributed by atoms with E-state index in [1.807, 2.05) is 0 Å². The summed E-state index contributed by atoms with van der Waals surface area (Å²) in [7, 11) is 0. The van der Waals surface area contributed by atoms with E-state index in [9.17, 15) is 24.8 Å². The molecule has 150 valence electrons. The highest BCUT2D eigenvalue weighted by atomic mass is 35.5. The lowest BCUT2D eigenvalue weighted by molar-refractivity contribution is -0.384. The molecule has 1 aliphatic heterocycles. The Balaban J connectivity index is 1.89. The Hall–Kier alpha value is -3.49. The van der Waals surface area contributed by atoms with E-state index in [4.69, 9.17) is 11.6 Å². The number of carbonyl (C=O) groups is 2. The molecule has 3 aromatic rings. The highest BCUT2D eigenvalue weighted by Crippen LogP contribution is 2.43. The van der Waals surface area contributed by atoms with E-state index < -0.39 is 28.4 Å². The van der Waals surface area contributed by atoms with Gasteiger partial charge in [0.05, 0.1) is 10.5 Å². The van der Waals surface area contributed by atoms with Crippen LogP contribution >= 0.6 is 22.9 Å². The second-order valence-corrected chi connectivity index (χ2v) is 7.88. The number of benzene rings is 2. The fraction of sp³-hybridized carbons (Fsp3) is 0.0476. The molecule has 1 aliphatic rings. The quantitative estimate of drug-likeness (QED) is 0.204. The molecule has 1 amide bonds. The van der Waals surface area contributed by atoms with Crippen molar-refractivity contribution in [3.63, 3.8) is 0 Å². The molecule has 1 aromatic heterocycles. The van der Waals surface area contributed by atoms with Gasteiger partial charge in [0.15, 0.2) is 0 Å². The fourth-order valence-electron chi connectivity index (χ4n) is 3.34. The van der Waals surface area contributed by atoms with Crippen molar-refractivity contribution in [2.45, 2.75) is 6.04 Å². The molecule has 9 heteroatoms. The maximum atomic E-state index is 12.9. The zero-order chi connectivity index (χ0) is 21.4. The van der Waals surface area contributed by atoms with E-state index in [1.54, 1.807) is 41.8 Å². The van der Waals surface area contributed by atoms with E-state index in [-0.39, 0.29) is 16.8 Å². The van der Waals surface area contributed by atoms with Crippen molar-refractivity contribution < 1.29 is 19.6 Å². The van der Waals surface area contributed by atoms with Crippen LogP contribution in [0.15, 0.2) is 71.6 Å². The molecule has 1 fully saturated rings. The van der Waals surface area contributed by atoms with Crippen molar-refractivity contribution in [2.24, 2.45) is 0 Å². The van der Waals surface area contributed by atoms with Crippen molar-refractivity contribution in [2.75, 3.05) is 4.90 Å². The second kappa shape index (κ2) is 7.74. The minimum atomic E-state index is -0.848. The highest BCUT2D eigenvalue weighted by Gasteiger charge is 2.47. The molecule has 2 aromatic carbocycles. The van der Waals surface area contributed by atoms with Gasteiger partial charge in [0.2, 0.25) is 0 Å². The topological polar surface area (TPSA) is 101 Å². The van der Waals surface area contributed by atoms with Gasteiger partial charge in [-0.3, -0.25) is 24.6 Å². The molecule has 7 nitrogen and oxygen atoms in total. The summed E-state index contributed by atoms with van der Waals surface area (Å²) in [5, 5.41) is 24.0. The third kappa shape index (κ3) is 3.36. The summed E-state index contributed by atoms with van der Waals surface area (Å²) in [5.41, 5.74) is 0.383. The van der Waals surface area contributed by atoms with Crippen molar-refractivity contribution in [1.82, 2.24) is 0 Å². The summed E-state index contributed by atoms with van der Waals surface area (Å²) in [6, 6.07) is 14.4. The van der Waals surface area contributed by atoms with Crippen LogP contribution < -0.4 is 4.90 Å². The predicted octanol–water partition coefficient (Wildman–Crippen LogP) is 4.94. The minimum Gasteiger partial charge on any atom is -0.507 e. The van der Waals surface area contributed by atoms with E-state index in [1.165, 1.54) is 40.5 Å². The number of carbonyl (C=O) groups excluding carboxylic acids is 2. The molecular formula is C21H13ClN2O5S. The third-order valence-electron chi connectivity index (χ3n) is 4.70. The molecule has 0 aliphatic carbocycles. The number of aliphatic hydroxyl groups excluding tert-OH is 1. The van der Waals surface area contributed by atoms with Crippen LogP contribution in [0.25, 0.3) is 5.76 Å². The normalized spacial score (nSPS) is 18.0. The first-order valence-corrected chi connectivity index (χ1v) is 9.99. The van der Waals surface area contributed by atoms with Gasteiger partial charge in [-0.15, -0.1) is 11.3 Å². The first-order valence-electron chi connectivity index (χ1n) is 8.73. The number of halogens is 1. The molecule has 4 rings (SSSR count). The number of nitrogens with zero attached hydrogens (tertiary/aromatic N) is 2. The third-order valence-corrected chi connectivity index (χ3v) is 5.85. The Kier molecular flexibility index (Phi) is 5.11. The monoisotopic (exact) mass is 440 g/mol. The number of anilines is 1. The molecule has 1 saturated heterocycles. The van der Waals surface area contributed by atoms with Crippen molar-refractivity contribution >= 4 is 51.8 Å². The maximum Gasteiger partial charge on any atom is 0.300 e. The Bertz CT molecular complexity index is 1190. The largest absolute Gasteiger partial charge is 0.507 e. The van der Waals surface area contributed by atoms with Gasteiger partial charge in [-0.25, -0.2) is 0 Å². The molecule has 0 saturated carbocycles. The Labute approximate surface area is 179 Å². The first-order chi connectivity index (χ1) is 14.4. The van der Waals surface area contributed by atoms with Crippen LogP contribution in [-0.4, -0.2) is 21.7 Å². The number of hydrogen-bond acceptors (Lipinski definition) is 6. The van der Waals surface area contributed by atoms with Crippen LogP contribution in [0, 0.1) is 10.1 Å². The number of nitro benzene ring substituents is 1. The number of amides is 1. The number of aliphatic hydroxyl groups is 1. The molecule has 1 atom stereocenters. The standard InChI is InChI=1S/C21H13ClN2O5S/c22-13-3-1-4-15(11-13)23-18(16-5-2-10-30-16)17(20(26)21(23)27)19(25)12-6-8-14(9-7-12)24(28)29/h1-11,18,25H/b19-17-. The predicted molar refractivity (Wildman–Crippen MR) is 114 cm³/mol. The molecule has 30 heavy (non-hydrogen) atoms. The first kappa shape index (κ1) is 19.8. The number of thiophene rings is 1. The molecule has 1 unspecified atom stereocenters.